The third-order valence-electron chi connectivity index (χ3n) is 2.96. The van der Waals surface area contributed by atoms with Crippen molar-refractivity contribution in [2.45, 2.75) is 18.7 Å². The Morgan fingerprint density at radius 1 is 1.19 bits per heavy atom. The molecule has 0 amide bonds. The normalized spacial score (nSPS) is 12.2. The second-order valence-electron chi connectivity index (χ2n) is 4.54. The van der Waals surface area contributed by atoms with Gasteiger partial charge in [-0.2, -0.15) is 0 Å². The van der Waals surface area contributed by atoms with E-state index in [0.717, 1.165) is 27.8 Å². The monoisotopic (exact) mass is 406 g/mol. The number of rotatable bonds is 5. The Morgan fingerprint density at radius 2 is 1.95 bits per heavy atom. The smallest absolute Gasteiger partial charge is 0.133 e. The predicted molar refractivity (Wildman–Crippen MR) is 94.1 cm³/mol. The predicted octanol–water partition coefficient (Wildman–Crippen LogP) is 6.87. The number of ether oxygens (including phenoxy) is 1. The van der Waals surface area contributed by atoms with Gasteiger partial charge in [-0.3, -0.25) is 0 Å². The molecule has 0 heterocycles. The number of hydrogen-bond donors (Lipinski definition) is 0. The van der Waals surface area contributed by atoms with Crippen molar-refractivity contribution in [3.63, 3.8) is 0 Å². The maximum Gasteiger partial charge on any atom is 0.133 e. The molecule has 5 heteroatoms. The first-order valence-corrected chi connectivity index (χ1v) is 8.53. The lowest BCUT2D eigenvalue weighted by Gasteiger charge is -2.15. The zero-order valence-corrected chi connectivity index (χ0v) is 15.2. The van der Waals surface area contributed by atoms with Gasteiger partial charge in [0.15, 0.2) is 0 Å². The van der Waals surface area contributed by atoms with E-state index in [1.54, 1.807) is 6.07 Å². The molecule has 2 rings (SSSR count). The van der Waals surface area contributed by atoms with Crippen LogP contribution in [0.15, 0.2) is 40.9 Å². The minimum absolute atomic E-state index is 0.368. The van der Waals surface area contributed by atoms with Crippen molar-refractivity contribution in [2.75, 3.05) is 6.61 Å². The third kappa shape index (κ3) is 4.07. The summed E-state index contributed by atoms with van der Waals surface area (Å²) in [5, 5.41) is 0.621. The van der Waals surface area contributed by atoms with E-state index in [2.05, 4.69) is 22.9 Å². The molecule has 0 radical (unpaired) electrons. The topological polar surface area (TPSA) is 9.23 Å². The van der Waals surface area contributed by atoms with Crippen molar-refractivity contribution < 1.29 is 4.74 Å². The van der Waals surface area contributed by atoms with E-state index in [9.17, 15) is 0 Å². The van der Waals surface area contributed by atoms with Gasteiger partial charge in [0.05, 0.1) is 26.5 Å². The molecule has 2 aromatic rings. The van der Waals surface area contributed by atoms with E-state index in [0.29, 0.717) is 16.7 Å². The van der Waals surface area contributed by atoms with E-state index in [-0.39, 0.29) is 5.38 Å². The zero-order valence-electron chi connectivity index (χ0n) is 11.4. The molecule has 0 spiro atoms. The van der Waals surface area contributed by atoms with Crippen molar-refractivity contribution in [2.24, 2.45) is 0 Å². The molecule has 0 aromatic heterocycles. The van der Waals surface area contributed by atoms with E-state index >= 15 is 0 Å². The standard InChI is InChI=1S/C16H14BrCl3O/c1-2-8-21-14-7-6-10(9-12(14)17)15(19)11-4-3-5-13(18)16(11)20/h3-7,9,15H,2,8H2,1H3. The van der Waals surface area contributed by atoms with Crippen molar-refractivity contribution in [1.82, 2.24) is 0 Å². The summed E-state index contributed by atoms with van der Waals surface area (Å²) in [6.07, 6.45) is 0.963. The number of benzene rings is 2. The summed E-state index contributed by atoms with van der Waals surface area (Å²) in [4.78, 5) is 0. The summed E-state index contributed by atoms with van der Waals surface area (Å²) in [6.45, 7) is 2.75. The average Bonchev–Trinajstić information content (AvgIpc) is 2.48. The maximum absolute atomic E-state index is 6.53. The molecular weight excluding hydrogens is 394 g/mol. The van der Waals surface area contributed by atoms with Gasteiger partial charge in [0.2, 0.25) is 0 Å². The lowest BCUT2D eigenvalue weighted by molar-refractivity contribution is 0.315. The summed E-state index contributed by atoms with van der Waals surface area (Å²) < 4.78 is 6.50. The first-order valence-electron chi connectivity index (χ1n) is 6.54. The highest BCUT2D eigenvalue weighted by Crippen LogP contribution is 2.39. The van der Waals surface area contributed by atoms with Gasteiger partial charge in [0.25, 0.3) is 0 Å². The Morgan fingerprint density at radius 3 is 2.62 bits per heavy atom. The van der Waals surface area contributed by atoms with Gasteiger partial charge >= 0.3 is 0 Å². The molecule has 0 aliphatic rings. The van der Waals surface area contributed by atoms with Crippen LogP contribution in [0.3, 0.4) is 0 Å². The first kappa shape index (κ1) is 17.0. The van der Waals surface area contributed by atoms with Gasteiger partial charge in [0.1, 0.15) is 5.75 Å². The van der Waals surface area contributed by atoms with Crippen LogP contribution < -0.4 is 4.74 Å². The molecular formula is C16H14BrCl3O. The third-order valence-corrected chi connectivity index (χ3v) is 4.91. The van der Waals surface area contributed by atoms with E-state index in [1.807, 2.05) is 30.3 Å². The quantitative estimate of drug-likeness (QED) is 0.490. The molecule has 1 nitrogen and oxygen atoms in total. The van der Waals surface area contributed by atoms with Crippen LogP contribution in [0.25, 0.3) is 0 Å². The molecule has 1 atom stereocenters. The summed E-state index contributed by atoms with van der Waals surface area (Å²) in [5.74, 6) is 0.807. The second-order valence-corrected chi connectivity index (χ2v) is 6.62. The Kier molecular flexibility index (Phi) is 6.24. The highest BCUT2D eigenvalue weighted by Gasteiger charge is 2.17. The number of halogens is 4. The van der Waals surface area contributed by atoms with Crippen LogP contribution in [0.2, 0.25) is 10.0 Å². The summed E-state index contributed by atoms with van der Waals surface area (Å²) in [6, 6.07) is 11.2. The van der Waals surface area contributed by atoms with Gasteiger partial charge < -0.3 is 4.74 Å². The Balaban J connectivity index is 2.29. The van der Waals surface area contributed by atoms with Gasteiger partial charge in [-0.25, -0.2) is 0 Å². The summed E-state index contributed by atoms with van der Waals surface area (Å²) >= 11 is 22.3. The number of hydrogen-bond acceptors (Lipinski definition) is 1. The van der Waals surface area contributed by atoms with Crippen molar-refractivity contribution >= 4 is 50.7 Å². The molecule has 0 saturated carbocycles. The van der Waals surface area contributed by atoms with Crippen molar-refractivity contribution in [1.29, 1.82) is 0 Å². The molecule has 1 unspecified atom stereocenters. The Hall–Kier alpha value is -0.410. The maximum atomic E-state index is 6.53. The molecule has 112 valence electrons. The fraction of sp³-hybridized carbons (Fsp3) is 0.250. The fourth-order valence-electron chi connectivity index (χ4n) is 1.90. The van der Waals surface area contributed by atoms with Crippen LogP contribution >= 0.6 is 50.7 Å². The van der Waals surface area contributed by atoms with Crippen LogP contribution in [-0.2, 0) is 0 Å². The zero-order chi connectivity index (χ0) is 15.4. The molecule has 0 bridgehead atoms. The van der Waals surface area contributed by atoms with Crippen LogP contribution in [0.1, 0.15) is 29.8 Å². The lowest BCUT2D eigenvalue weighted by atomic mass is 10.0. The van der Waals surface area contributed by atoms with E-state index in [1.165, 1.54) is 0 Å². The Bertz CT molecular complexity index is 631. The highest BCUT2D eigenvalue weighted by atomic mass is 79.9. The number of alkyl halides is 1. The van der Waals surface area contributed by atoms with Gasteiger partial charge in [-0.05, 0) is 51.7 Å². The minimum atomic E-state index is -0.368. The van der Waals surface area contributed by atoms with Crippen molar-refractivity contribution in [3.05, 3.63) is 62.0 Å². The van der Waals surface area contributed by atoms with Crippen LogP contribution in [0, 0.1) is 0 Å². The Labute approximate surface area is 148 Å². The summed E-state index contributed by atoms with van der Waals surface area (Å²) in [5.41, 5.74) is 1.72. The van der Waals surface area contributed by atoms with Crippen LogP contribution in [0.4, 0.5) is 0 Å². The average molecular weight is 409 g/mol. The van der Waals surface area contributed by atoms with E-state index < -0.39 is 0 Å². The molecule has 0 fully saturated rings. The van der Waals surface area contributed by atoms with Crippen LogP contribution in [-0.4, -0.2) is 6.61 Å². The largest absolute Gasteiger partial charge is 0.492 e. The SMILES string of the molecule is CCCOc1ccc(C(Cl)c2cccc(Cl)c2Cl)cc1Br. The highest BCUT2D eigenvalue weighted by molar-refractivity contribution is 9.10. The molecule has 0 aliphatic heterocycles. The lowest BCUT2D eigenvalue weighted by Crippen LogP contribution is -1.98. The van der Waals surface area contributed by atoms with Gasteiger partial charge in [0, 0.05) is 0 Å². The first-order chi connectivity index (χ1) is 10.0. The van der Waals surface area contributed by atoms with Crippen molar-refractivity contribution in [3.8, 4) is 5.75 Å². The second kappa shape index (κ2) is 7.73. The van der Waals surface area contributed by atoms with E-state index in [4.69, 9.17) is 39.5 Å². The van der Waals surface area contributed by atoms with Gasteiger partial charge in [-0.1, -0.05) is 48.3 Å². The summed E-state index contributed by atoms with van der Waals surface area (Å²) in [7, 11) is 0. The van der Waals surface area contributed by atoms with Gasteiger partial charge in [-0.15, -0.1) is 11.6 Å². The molecule has 0 aliphatic carbocycles. The molecule has 0 saturated heterocycles. The van der Waals surface area contributed by atoms with Crippen LogP contribution in [0.5, 0.6) is 5.75 Å². The molecule has 2 aromatic carbocycles. The molecule has 0 N–H and O–H groups in total. The fourth-order valence-corrected chi connectivity index (χ4v) is 3.20. The minimum Gasteiger partial charge on any atom is -0.492 e. The molecule has 21 heavy (non-hydrogen) atoms.